The van der Waals surface area contributed by atoms with Crippen LogP contribution in [0.2, 0.25) is 0 Å². The van der Waals surface area contributed by atoms with Gasteiger partial charge in [0, 0.05) is 22.8 Å². The van der Waals surface area contributed by atoms with E-state index < -0.39 is 0 Å². The minimum absolute atomic E-state index is 0.712. The SMILES string of the molecule is CCCOc1cccc(CNc2cc3c(cn2)[nH]c2ccccc23)c1. The van der Waals surface area contributed by atoms with Crippen LogP contribution >= 0.6 is 0 Å². The first-order valence-corrected chi connectivity index (χ1v) is 8.65. The highest BCUT2D eigenvalue weighted by Gasteiger charge is 2.05. The van der Waals surface area contributed by atoms with Gasteiger partial charge in [-0.15, -0.1) is 0 Å². The predicted molar refractivity (Wildman–Crippen MR) is 103 cm³/mol. The molecule has 4 aromatic rings. The maximum atomic E-state index is 5.70. The molecule has 2 aromatic carbocycles. The Balaban J connectivity index is 1.54. The van der Waals surface area contributed by atoms with Crippen LogP contribution in [0.15, 0.2) is 60.8 Å². The summed E-state index contributed by atoms with van der Waals surface area (Å²) in [4.78, 5) is 7.91. The van der Waals surface area contributed by atoms with Gasteiger partial charge in [-0.05, 0) is 36.2 Å². The number of aromatic amines is 1. The lowest BCUT2D eigenvalue weighted by atomic mass is 10.2. The number of para-hydroxylation sites is 1. The maximum absolute atomic E-state index is 5.70. The molecule has 0 saturated carbocycles. The Labute approximate surface area is 146 Å². The molecule has 0 bridgehead atoms. The topological polar surface area (TPSA) is 49.9 Å². The van der Waals surface area contributed by atoms with Gasteiger partial charge in [0.05, 0.1) is 18.3 Å². The molecule has 2 N–H and O–H groups in total. The lowest BCUT2D eigenvalue weighted by Gasteiger charge is -2.09. The molecule has 0 amide bonds. The van der Waals surface area contributed by atoms with Crippen LogP contribution in [0.1, 0.15) is 18.9 Å². The standard InChI is InChI=1S/C21H21N3O/c1-2-10-25-16-7-5-6-15(11-16)13-22-21-12-18-17-8-3-4-9-19(17)24-20(18)14-23-21/h3-9,11-12,14,24H,2,10,13H2,1H3,(H,22,23). The lowest BCUT2D eigenvalue weighted by molar-refractivity contribution is 0.317. The zero-order chi connectivity index (χ0) is 17.1. The molecule has 25 heavy (non-hydrogen) atoms. The summed E-state index contributed by atoms with van der Waals surface area (Å²) in [6.07, 6.45) is 2.90. The molecule has 4 rings (SSSR count). The summed E-state index contributed by atoms with van der Waals surface area (Å²) in [5.74, 6) is 1.79. The smallest absolute Gasteiger partial charge is 0.126 e. The average Bonchev–Trinajstić information content (AvgIpc) is 3.03. The van der Waals surface area contributed by atoms with Crippen molar-refractivity contribution < 1.29 is 4.74 Å². The van der Waals surface area contributed by atoms with Gasteiger partial charge in [0.1, 0.15) is 11.6 Å². The number of hydrogen-bond acceptors (Lipinski definition) is 3. The van der Waals surface area contributed by atoms with Gasteiger partial charge in [0.25, 0.3) is 0 Å². The molecule has 0 aliphatic carbocycles. The summed E-state index contributed by atoms with van der Waals surface area (Å²) in [7, 11) is 0. The van der Waals surface area contributed by atoms with Crippen LogP contribution in [0.4, 0.5) is 5.82 Å². The Morgan fingerprint density at radius 2 is 1.92 bits per heavy atom. The Kier molecular flexibility index (Phi) is 4.25. The van der Waals surface area contributed by atoms with E-state index in [9.17, 15) is 0 Å². The van der Waals surface area contributed by atoms with Crippen LogP contribution in [-0.4, -0.2) is 16.6 Å². The van der Waals surface area contributed by atoms with Gasteiger partial charge >= 0.3 is 0 Å². The van der Waals surface area contributed by atoms with Crippen LogP contribution in [-0.2, 0) is 6.54 Å². The van der Waals surface area contributed by atoms with E-state index in [4.69, 9.17) is 4.74 Å². The van der Waals surface area contributed by atoms with Crippen molar-refractivity contribution in [3.05, 3.63) is 66.4 Å². The fourth-order valence-electron chi connectivity index (χ4n) is 3.00. The largest absolute Gasteiger partial charge is 0.494 e. The van der Waals surface area contributed by atoms with Crippen molar-refractivity contribution in [2.45, 2.75) is 19.9 Å². The predicted octanol–water partition coefficient (Wildman–Crippen LogP) is 5.12. The van der Waals surface area contributed by atoms with Crippen LogP contribution in [0.25, 0.3) is 21.8 Å². The number of hydrogen-bond donors (Lipinski definition) is 2. The summed E-state index contributed by atoms with van der Waals surface area (Å²) >= 11 is 0. The lowest BCUT2D eigenvalue weighted by Crippen LogP contribution is -2.02. The number of H-pyrrole nitrogens is 1. The Hall–Kier alpha value is -3.01. The van der Waals surface area contributed by atoms with E-state index in [1.807, 2.05) is 24.4 Å². The molecule has 0 aliphatic heterocycles. The number of benzene rings is 2. The second-order valence-electron chi connectivity index (χ2n) is 6.14. The number of aromatic nitrogens is 2. The van der Waals surface area contributed by atoms with Crippen LogP contribution in [0.5, 0.6) is 5.75 Å². The number of rotatable bonds is 6. The van der Waals surface area contributed by atoms with Crippen molar-refractivity contribution in [1.29, 1.82) is 0 Å². The molecule has 4 nitrogen and oxygen atoms in total. The molecule has 0 spiro atoms. The average molecular weight is 331 g/mol. The van der Waals surface area contributed by atoms with Gasteiger partial charge in [-0.1, -0.05) is 37.3 Å². The molecular weight excluding hydrogens is 310 g/mol. The van der Waals surface area contributed by atoms with Crippen molar-refractivity contribution in [2.75, 3.05) is 11.9 Å². The summed E-state index contributed by atoms with van der Waals surface area (Å²) in [5, 5.41) is 5.82. The highest BCUT2D eigenvalue weighted by molar-refractivity contribution is 6.07. The van der Waals surface area contributed by atoms with Crippen molar-refractivity contribution in [3.63, 3.8) is 0 Å². The number of ether oxygens (including phenoxy) is 1. The monoisotopic (exact) mass is 331 g/mol. The molecule has 2 aromatic heterocycles. The number of anilines is 1. The summed E-state index contributed by atoms with van der Waals surface area (Å²) < 4.78 is 5.70. The van der Waals surface area contributed by atoms with E-state index in [0.717, 1.165) is 35.6 Å². The second kappa shape index (κ2) is 6.85. The van der Waals surface area contributed by atoms with Crippen LogP contribution < -0.4 is 10.1 Å². The molecule has 0 unspecified atom stereocenters. The summed E-state index contributed by atoms with van der Waals surface area (Å²) in [6, 6.07) is 18.6. The second-order valence-corrected chi connectivity index (χ2v) is 6.14. The van der Waals surface area contributed by atoms with Gasteiger partial charge in [-0.2, -0.15) is 0 Å². The van der Waals surface area contributed by atoms with Gasteiger partial charge in [0.2, 0.25) is 0 Å². The van der Waals surface area contributed by atoms with Crippen molar-refractivity contribution >= 4 is 27.6 Å². The number of fused-ring (bicyclic) bond motifs is 3. The van der Waals surface area contributed by atoms with Crippen molar-refractivity contribution in [2.24, 2.45) is 0 Å². The molecule has 0 radical (unpaired) electrons. The van der Waals surface area contributed by atoms with Gasteiger partial charge in [0.15, 0.2) is 0 Å². The van der Waals surface area contributed by atoms with Crippen molar-refractivity contribution in [3.8, 4) is 5.75 Å². The third-order valence-electron chi connectivity index (χ3n) is 4.24. The Morgan fingerprint density at radius 1 is 1.00 bits per heavy atom. The third-order valence-corrected chi connectivity index (χ3v) is 4.24. The van der Waals surface area contributed by atoms with Crippen LogP contribution in [0.3, 0.4) is 0 Å². The first-order chi connectivity index (χ1) is 12.3. The van der Waals surface area contributed by atoms with Crippen LogP contribution in [0, 0.1) is 0 Å². The van der Waals surface area contributed by atoms with E-state index >= 15 is 0 Å². The highest BCUT2D eigenvalue weighted by atomic mass is 16.5. The zero-order valence-electron chi connectivity index (χ0n) is 14.3. The van der Waals surface area contributed by atoms with E-state index in [1.54, 1.807) is 0 Å². The Bertz CT molecular complexity index is 1010. The fraction of sp³-hybridized carbons (Fsp3) is 0.190. The van der Waals surface area contributed by atoms with E-state index in [2.05, 4.69) is 58.6 Å². The number of pyridine rings is 1. The van der Waals surface area contributed by atoms with E-state index in [-0.39, 0.29) is 0 Å². The summed E-state index contributed by atoms with van der Waals surface area (Å²) in [6.45, 7) is 3.57. The molecule has 126 valence electrons. The zero-order valence-corrected chi connectivity index (χ0v) is 14.3. The van der Waals surface area contributed by atoms with Gasteiger partial charge in [-0.3, -0.25) is 0 Å². The molecule has 0 aliphatic rings. The minimum Gasteiger partial charge on any atom is -0.494 e. The van der Waals surface area contributed by atoms with E-state index in [1.165, 1.54) is 16.3 Å². The van der Waals surface area contributed by atoms with Gasteiger partial charge in [-0.25, -0.2) is 4.98 Å². The number of nitrogens with one attached hydrogen (secondary N) is 2. The molecule has 4 heteroatoms. The molecule has 0 fully saturated rings. The first-order valence-electron chi connectivity index (χ1n) is 8.65. The number of nitrogens with zero attached hydrogens (tertiary/aromatic N) is 1. The highest BCUT2D eigenvalue weighted by Crippen LogP contribution is 2.26. The molecule has 0 atom stereocenters. The molecule has 0 saturated heterocycles. The fourth-order valence-corrected chi connectivity index (χ4v) is 3.00. The molecule has 2 heterocycles. The third kappa shape index (κ3) is 3.29. The first kappa shape index (κ1) is 15.5. The quantitative estimate of drug-likeness (QED) is 0.516. The Morgan fingerprint density at radius 3 is 2.84 bits per heavy atom. The summed E-state index contributed by atoms with van der Waals surface area (Å²) in [5.41, 5.74) is 3.37. The van der Waals surface area contributed by atoms with Gasteiger partial charge < -0.3 is 15.0 Å². The normalized spacial score (nSPS) is 11.1. The van der Waals surface area contributed by atoms with Crippen molar-refractivity contribution in [1.82, 2.24) is 9.97 Å². The van der Waals surface area contributed by atoms with E-state index in [0.29, 0.717) is 6.54 Å². The minimum atomic E-state index is 0.712. The maximum Gasteiger partial charge on any atom is 0.126 e. The molecular formula is C21H21N3O.